The molecule has 16 heteroatoms. The topological polar surface area (TPSA) is 136 Å². The van der Waals surface area contributed by atoms with Gasteiger partial charge in [0.2, 0.25) is 11.8 Å². The number of pyridine rings is 1. The first-order valence-corrected chi connectivity index (χ1v) is 19.0. The van der Waals surface area contributed by atoms with Crippen molar-refractivity contribution in [1.29, 1.82) is 0 Å². The largest absolute Gasteiger partial charge is 0.433 e. The summed E-state index contributed by atoms with van der Waals surface area (Å²) in [5, 5.41) is 11.2. The zero-order valence-electron chi connectivity index (χ0n) is 30.1. The van der Waals surface area contributed by atoms with Crippen LogP contribution in [0.2, 0.25) is 5.02 Å². The number of anilines is 1. The highest BCUT2D eigenvalue weighted by Crippen LogP contribution is 2.40. The Bertz CT molecular complexity index is 2370. The van der Waals surface area contributed by atoms with Gasteiger partial charge in [0.15, 0.2) is 0 Å². The molecule has 3 fully saturated rings. The van der Waals surface area contributed by atoms with Crippen LogP contribution in [0.3, 0.4) is 0 Å². The van der Waals surface area contributed by atoms with Gasteiger partial charge < -0.3 is 10.2 Å². The van der Waals surface area contributed by atoms with E-state index in [4.69, 9.17) is 16.7 Å². The Morgan fingerprint density at radius 3 is 2.47 bits per heavy atom. The molecule has 1 unspecified atom stereocenters. The highest BCUT2D eigenvalue weighted by Gasteiger charge is 2.35. The van der Waals surface area contributed by atoms with Gasteiger partial charge in [-0.15, -0.1) is 0 Å². The molecule has 8 rings (SSSR count). The van der Waals surface area contributed by atoms with Crippen molar-refractivity contribution >= 4 is 56.9 Å². The highest BCUT2D eigenvalue weighted by atomic mass is 35.5. The third kappa shape index (κ3) is 7.27. The van der Waals surface area contributed by atoms with E-state index in [1.54, 1.807) is 35.9 Å². The van der Waals surface area contributed by atoms with Gasteiger partial charge in [-0.1, -0.05) is 17.7 Å². The van der Waals surface area contributed by atoms with Crippen molar-refractivity contribution in [3.8, 4) is 0 Å². The lowest BCUT2D eigenvalue weighted by atomic mass is 9.84. The first-order chi connectivity index (χ1) is 26.3. The third-order valence-electron chi connectivity index (χ3n) is 11.5. The van der Waals surface area contributed by atoms with E-state index in [1.165, 1.54) is 10.6 Å². The SMILES string of the molecule is Cn1c(=O)n(C2CCC(=O)NC2=O)c2ccc(Cl)c(C3CCN(CC4CCC(n5cc6cc(NC(=O)c7cccc(C(F)(F)F)n7)ccc6n5)CC4)CC3)c21. The van der Waals surface area contributed by atoms with Crippen LogP contribution in [0.1, 0.15) is 91.1 Å². The molecule has 0 bridgehead atoms. The molecule has 1 aliphatic carbocycles. The molecule has 0 radical (unpaired) electrons. The summed E-state index contributed by atoms with van der Waals surface area (Å²) in [6.07, 6.45) is 3.65. The number of imide groups is 1. The smallest absolute Gasteiger partial charge is 0.321 e. The second kappa shape index (κ2) is 14.6. The summed E-state index contributed by atoms with van der Waals surface area (Å²) in [7, 11) is 1.72. The van der Waals surface area contributed by atoms with Crippen molar-refractivity contribution in [3.63, 3.8) is 0 Å². The number of imidazole rings is 1. The summed E-state index contributed by atoms with van der Waals surface area (Å²) < 4.78 is 44.3. The normalized spacial score (nSPS) is 21.7. The second-order valence-electron chi connectivity index (χ2n) is 15.0. The lowest BCUT2D eigenvalue weighted by Crippen LogP contribution is -2.44. The van der Waals surface area contributed by atoms with Gasteiger partial charge in [0, 0.05) is 42.3 Å². The number of carbonyl (C=O) groups is 3. The summed E-state index contributed by atoms with van der Waals surface area (Å²) in [6.45, 7) is 2.82. The number of aromatic nitrogens is 5. The number of hydrogen-bond donors (Lipinski definition) is 2. The van der Waals surface area contributed by atoms with Crippen molar-refractivity contribution in [1.82, 2.24) is 34.1 Å². The van der Waals surface area contributed by atoms with Crippen LogP contribution in [0.15, 0.2) is 59.5 Å². The Morgan fingerprint density at radius 1 is 0.982 bits per heavy atom. The van der Waals surface area contributed by atoms with E-state index in [-0.39, 0.29) is 42.1 Å². The van der Waals surface area contributed by atoms with Crippen molar-refractivity contribution in [2.45, 2.75) is 75.5 Å². The number of amides is 3. The van der Waals surface area contributed by atoms with Crippen LogP contribution in [0.25, 0.3) is 21.9 Å². The number of fused-ring (bicyclic) bond motifs is 2. The van der Waals surface area contributed by atoms with Gasteiger partial charge >= 0.3 is 11.9 Å². The fourth-order valence-electron chi connectivity index (χ4n) is 8.68. The van der Waals surface area contributed by atoms with Gasteiger partial charge in [0.1, 0.15) is 17.4 Å². The van der Waals surface area contributed by atoms with E-state index >= 15 is 0 Å². The fourth-order valence-corrected chi connectivity index (χ4v) is 8.99. The number of piperidine rings is 2. The monoisotopic (exact) mass is 776 g/mol. The molecule has 55 heavy (non-hydrogen) atoms. The molecule has 3 amide bonds. The number of hydrogen-bond acceptors (Lipinski definition) is 7. The average molecular weight is 777 g/mol. The van der Waals surface area contributed by atoms with Gasteiger partial charge in [-0.05, 0) is 118 Å². The fraction of sp³-hybridized carbons (Fsp3) is 0.436. The van der Waals surface area contributed by atoms with E-state index < -0.39 is 29.7 Å². The van der Waals surface area contributed by atoms with Crippen molar-refractivity contribution in [2.75, 3.05) is 25.0 Å². The first kappa shape index (κ1) is 36.9. The molecular formula is C39H40ClF3N8O4. The zero-order valence-corrected chi connectivity index (χ0v) is 30.9. The van der Waals surface area contributed by atoms with Gasteiger partial charge in [0.05, 0.1) is 22.6 Å². The number of nitrogens with one attached hydrogen (secondary N) is 2. The predicted molar refractivity (Wildman–Crippen MR) is 200 cm³/mol. The van der Waals surface area contributed by atoms with E-state index in [0.717, 1.165) is 92.3 Å². The number of benzene rings is 2. The minimum Gasteiger partial charge on any atom is -0.321 e. The van der Waals surface area contributed by atoms with Crippen LogP contribution in [-0.4, -0.2) is 66.2 Å². The number of alkyl halides is 3. The predicted octanol–water partition coefficient (Wildman–Crippen LogP) is 6.60. The molecule has 1 atom stereocenters. The van der Waals surface area contributed by atoms with Gasteiger partial charge in [0.25, 0.3) is 5.91 Å². The Kier molecular flexibility index (Phi) is 9.78. The molecule has 288 valence electrons. The van der Waals surface area contributed by atoms with Crippen LogP contribution in [0.5, 0.6) is 0 Å². The lowest BCUT2D eigenvalue weighted by molar-refractivity contribution is -0.141. The average Bonchev–Trinajstić information content (AvgIpc) is 3.70. The third-order valence-corrected chi connectivity index (χ3v) is 11.8. The highest BCUT2D eigenvalue weighted by molar-refractivity contribution is 6.32. The van der Waals surface area contributed by atoms with Gasteiger partial charge in [-0.2, -0.15) is 18.3 Å². The number of halogens is 4. The molecular weight excluding hydrogens is 737 g/mol. The molecule has 2 saturated heterocycles. The van der Waals surface area contributed by atoms with E-state index in [1.807, 2.05) is 16.9 Å². The summed E-state index contributed by atoms with van der Waals surface area (Å²) in [4.78, 5) is 56.7. The van der Waals surface area contributed by atoms with Crippen LogP contribution in [0.4, 0.5) is 18.9 Å². The van der Waals surface area contributed by atoms with Crippen LogP contribution in [-0.2, 0) is 22.8 Å². The Balaban J connectivity index is 0.868. The quantitative estimate of drug-likeness (QED) is 0.178. The Labute approximate surface area is 318 Å². The van der Waals surface area contributed by atoms with Crippen molar-refractivity contribution in [2.24, 2.45) is 13.0 Å². The standard InChI is InChI=1S/C39H40ClF3N8O4/c1-48-35-30(51(38(48)55)31-13-14-33(52)46-37(31)54)12-10-27(40)34(35)23-15-17-49(18-16-23)20-22-5-8-26(9-6-22)50-21-24-19-25(7-11-28(24)47-50)44-36(53)29-3-2-4-32(45-29)39(41,42)43/h2-4,7,10-12,19,21-23,26,31H,5-6,8-9,13-18,20H2,1H3,(H,44,53)(H,46,52,54). The summed E-state index contributed by atoms with van der Waals surface area (Å²) in [5.41, 5.74) is 1.82. The molecule has 2 aliphatic heterocycles. The second-order valence-corrected chi connectivity index (χ2v) is 15.4. The number of carbonyl (C=O) groups excluding carboxylic acids is 3. The molecule has 5 aromatic rings. The lowest BCUT2D eigenvalue weighted by Gasteiger charge is -2.37. The van der Waals surface area contributed by atoms with Crippen LogP contribution >= 0.6 is 11.6 Å². The van der Waals surface area contributed by atoms with E-state index in [0.29, 0.717) is 22.1 Å². The molecule has 2 aromatic carbocycles. The molecule has 2 N–H and O–H groups in total. The molecule has 0 spiro atoms. The van der Waals surface area contributed by atoms with Crippen LogP contribution in [0, 0.1) is 5.92 Å². The Morgan fingerprint density at radius 2 is 1.75 bits per heavy atom. The number of aryl methyl sites for hydroxylation is 1. The summed E-state index contributed by atoms with van der Waals surface area (Å²) in [6, 6.07) is 11.6. The summed E-state index contributed by atoms with van der Waals surface area (Å²) in [5.74, 6) is -0.799. The summed E-state index contributed by atoms with van der Waals surface area (Å²) >= 11 is 6.83. The Hall–Kier alpha value is -5.02. The van der Waals surface area contributed by atoms with Crippen molar-refractivity contribution < 1.29 is 27.6 Å². The molecule has 1 saturated carbocycles. The molecule has 3 aromatic heterocycles. The number of nitrogens with zero attached hydrogens (tertiary/aromatic N) is 6. The zero-order chi connectivity index (χ0) is 38.6. The molecule has 12 nitrogen and oxygen atoms in total. The maximum atomic E-state index is 13.5. The maximum Gasteiger partial charge on any atom is 0.433 e. The maximum absolute atomic E-state index is 13.5. The van der Waals surface area contributed by atoms with Crippen LogP contribution < -0.4 is 16.3 Å². The first-order valence-electron chi connectivity index (χ1n) is 18.6. The number of rotatable bonds is 7. The van der Waals surface area contributed by atoms with Gasteiger partial charge in [-0.3, -0.25) is 33.5 Å². The van der Waals surface area contributed by atoms with E-state index in [9.17, 15) is 32.3 Å². The minimum atomic E-state index is -4.64. The number of likely N-dealkylation sites (tertiary alicyclic amines) is 1. The molecule has 3 aliphatic rings. The molecule has 5 heterocycles. The van der Waals surface area contributed by atoms with Gasteiger partial charge in [-0.25, -0.2) is 9.78 Å². The van der Waals surface area contributed by atoms with E-state index in [2.05, 4.69) is 20.5 Å². The minimum absolute atomic E-state index is 0.159. The van der Waals surface area contributed by atoms with Crippen molar-refractivity contribution in [3.05, 3.63) is 87.2 Å².